The van der Waals surface area contributed by atoms with Crippen LogP contribution < -0.4 is 10.2 Å². The van der Waals surface area contributed by atoms with E-state index in [9.17, 15) is 4.79 Å². The van der Waals surface area contributed by atoms with Crippen LogP contribution in [0.5, 0.6) is 0 Å². The summed E-state index contributed by atoms with van der Waals surface area (Å²) in [5.41, 5.74) is 1.88. The average molecular weight is 336 g/mol. The molecule has 3 heterocycles. The highest BCUT2D eigenvalue weighted by Gasteiger charge is 2.27. The molecule has 1 atom stereocenters. The number of rotatable bonds is 3. The number of nitrogens with one attached hydrogen (secondary N) is 1. The van der Waals surface area contributed by atoms with Gasteiger partial charge in [0.15, 0.2) is 0 Å². The van der Waals surface area contributed by atoms with Gasteiger partial charge in [-0.25, -0.2) is 9.97 Å². The molecule has 1 aliphatic heterocycles. The van der Waals surface area contributed by atoms with Crippen LogP contribution in [0.25, 0.3) is 11.0 Å². The Morgan fingerprint density at radius 2 is 2.16 bits per heavy atom. The van der Waals surface area contributed by atoms with E-state index >= 15 is 0 Å². The molecule has 7 nitrogen and oxygen atoms in total. The molecule has 3 aromatic rings. The predicted octanol–water partition coefficient (Wildman–Crippen LogP) is 2.22. The lowest BCUT2D eigenvalue weighted by atomic mass is 9.97. The molecule has 25 heavy (non-hydrogen) atoms. The smallest absolute Gasteiger partial charge is 0.231 e. The number of nitrogens with zero attached hydrogens (tertiary/aromatic N) is 5. The fraction of sp³-hybridized carbons (Fsp3) is 0.333. The summed E-state index contributed by atoms with van der Waals surface area (Å²) in [5.74, 6) is 1.33. The molecule has 2 aromatic heterocycles. The number of aryl methyl sites for hydroxylation is 1. The molecule has 1 amide bonds. The second kappa shape index (κ2) is 6.51. The van der Waals surface area contributed by atoms with E-state index in [0.29, 0.717) is 12.5 Å². The highest BCUT2D eigenvalue weighted by molar-refractivity contribution is 5.93. The third-order valence-electron chi connectivity index (χ3n) is 4.69. The largest absolute Gasteiger partial charge is 0.355 e. The Balaban J connectivity index is 1.49. The van der Waals surface area contributed by atoms with Gasteiger partial charge < -0.3 is 9.47 Å². The quantitative estimate of drug-likeness (QED) is 0.794. The lowest BCUT2D eigenvalue weighted by Gasteiger charge is -2.32. The minimum Gasteiger partial charge on any atom is -0.355 e. The van der Waals surface area contributed by atoms with E-state index in [1.54, 1.807) is 18.6 Å². The van der Waals surface area contributed by atoms with Crippen LogP contribution >= 0.6 is 0 Å². The van der Waals surface area contributed by atoms with Gasteiger partial charge in [0.25, 0.3) is 0 Å². The summed E-state index contributed by atoms with van der Waals surface area (Å²) in [5, 5.41) is 2.99. The SMILES string of the molecule is Cn1c(NC(=O)C2CCCN(c3cnccn3)C2)nc2ccccc21. The van der Waals surface area contributed by atoms with Crippen molar-refractivity contribution in [2.24, 2.45) is 13.0 Å². The third kappa shape index (κ3) is 3.05. The van der Waals surface area contributed by atoms with Crippen molar-refractivity contribution in [2.75, 3.05) is 23.3 Å². The Bertz CT molecular complexity index is 891. The molecule has 0 radical (unpaired) electrons. The first-order valence-electron chi connectivity index (χ1n) is 8.45. The number of para-hydroxylation sites is 2. The van der Waals surface area contributed by atoms with Gasteiger partial charge in [-0.15, -0.1) is 0 Å². The summed E-state index contributed by atoms with van der Waals surface area (Å²) < 4.78 is 1.91. The van der Waals surface area contributed by atoms with Crippen molar-refractivity contribution in [1.29, 1.82) is 0 Å². The number of imidazole rings is 1. The molecule has 4 rings (SSSR count). The van der Waals surface area contributed by atoms with Crippen molar-refractivity contribution in [3.63, 3.8) is 0 Å². The monoisotopic (exact) mass is 336 g/mol. The molecule has 1 saturated heterocycles. The van der Waals surface area contributed by atoms with Gasteiger partial charge in [-0.3, -0.25) is 15.1 Å². The molecular formula is C18H20N6O. The molecule has 0 saturated carbocycles. The van der Waals surface area contributed by atoms with Gasteiger partial charge in [0.05, 0.1) is 23.1 Å². The molecule has 0 spiro atoms. The molecule has 1 unspecified atom stereocenters. The third-order valence-corrected chi connectivity index (χ3v) is 4.69. The van der Waals surface area contributed by atoms with Crippen LogP contribution in [0.2, 0.25) is 0 Å². The maximum Gasteiger partial charge on any atom is 0.231 e. The Morgan fingerprint density at radius 3 is 2.96 bits per heavy atom. The molecule has 0 bridgehead atoms. The molecule has 1 fully saturated rings. The maximum atomic E-state index is 12.7. The molecule has 128 valence electrons. The van der Waals surface area contributed by atoms with Gasteiger partial charge in [-0.05, 0) is 25.0 Å². The summed E-state index contributed by atoms with van der Waals surface area (Å²) in [6.07, 6.45) is 6.90. The molecule has 1 aliphatic rings. The molecule has 1 aromatic carbocycles. The topological polar surface area (TPSA) is 75.9 Å². The highest BCUT2D eigenvalue weighted by Crippen LogP contribution is 2.23. The van der Waals surface area contributed by atoms with Gasteiger partial charge in [-0.2, -0.15) is 0 Å². The van der Waals surface area contributed by atoms with E-state index in [-0.39, 0.29) is 11.8 Å². The number of carbonyl (C=O) groups is 1. The number of hydrogen-bond donors (Lipinski definition) is 1. The van der Waals surface area contributed by atoms with E-state index in [1.807, 2.05) is 35.9 Å². The minimum absolute atomic E-state index is 0.00648. The van der Waals surface area contributed by atoms with Crippen LogP contribution in [0.15, 0.2) is 42.9 Å². The van der Waals surface area contributed by atoms with E-state index in [4.69, 9.17) is 0 Å². The van der Waals surface area contributed by atoms with E-state index in [0.717, 1.165) is 36.2 Å². The fourth-order valence-electron chi connectivity index (χ4n) is 3.32. The van der Waals surface area contributed by atoms with Gasteiger partial charge in [-0.1, -0.05) is 12.1 Å². The van der Waals surface area contributed by atoms with Crippen molar-refractivity contribution in [1.82, 2.24) is 19.5 Å². The average Bonchev–Trinajstić information content (AvgIpc) is 2.98. The van der Waals surface area contributed by atoms with Crippen LogP contribution in [-0.4, -0.2) is 38.5 Å². The molecule has 7 heteroatoms. The zero-order chi connectivity index (χ0) is 17.2. The highest BCUT2D eigenvalue weighted by atomic mass is 16.2. The second-order valence-electron chi connectivity index (χ2n) is 6.32. The zero-order valence-corrected chi connectivity index (χ0v) is 14.1. The fourth-order valence-corrected chi connectivity index (χ4v) is 3.32. The first-order chi connectivity index (χ1) is 12.2. The van der Waals surface area contributed by atoms with Crippen LogP contribution in [-0.2, 0) is 11.8 Å². The lowest BCUT2D eigenvalue weighted by Crippen LogP contribution is -2.41. The van der Waals surface area contributed by atoms with Crippen LogP contribution in [0.4, 0.5) is 11.8 Å². The zero-order valence-electron chi connectivity index (χ0n) is 14.1. The van der Waals surface area contributed by atoms with Crippen molar-refractivity contribution in [2.45, 2.75) is 12.8 Å². The molecular weight excluding hydrogens is 316 g/mol. The number of anilines is 2. The number of aromatic nitrogens is 4. The van der Waals surface area contributed by atoms with Gasteiger partial charge in [0, 0.05) is 32.5 Å². The normalized spacial score (nSPS) is 17.6. The van der Waals surface area contributed by atoms with Crippen molar-refractivity contribution in [3.05, 3.63) is 42.9 Å². The number of piperidine rings is 1. The van der Waals surface area contributed by atoms with Gasteiger partial charge in [0.1, 0.15) is 5.82 Å². The van der Waals surface area contributed by atoms with Crippen LogP contribution in [0.3, 0.4) is 0 Å². The van der Waals surface area contributed by atoms with Crippen molar-refractivity contribution >= 4 is 28.7 Å². The lowest BCUT2D eigenvalue weighted by molar-refractivity contribution is -0.120. The van der Waals surface area contributed by atoms with E-state index in [2.05, 4.69) is 25.2 Å². The summed E-state index contributed by atoms with van der Waals surface area (Å²) in [6, 6.07) is 7.85. The number of fused-ring (bicyclic) bond motifs is 1. The molecule has 0 aliphatic carbocycles. The minimum atomic E-state index is -0.0874. The van der Waals surface area contributed by atoms with Crippen LogP contribution in [0, 0.1) is 5.92 Å². The van der Waals surface area contributed by atoms with Gasteiger partial charge in [0.2, 0.25) is 11.9 Å². The first-order valence-corrected chi connectivity index (χ1v) is 8.45. The Kier molecular flexibility index (Phi) is 4.05. The van der Waals surface area contributed by atoms with Gasteiger partial charge >= 0.3 is 0 Å². The maximum absolute atomic E-state index is 12.7. The van der Waals surface area contributed by atoms with Crippen LogP contribution in [0.1, 0.15) is 12.8 Å². The number of amides is 1. The van der Waals surface area contributed by atoms with Crippen molar-refractivity contribution < 1.29 is 4.79 Å². The molecule has 1 N–H and O–H groups in total. The summed E-state index contributed by atoms with van der Waals surface area (Å²) in [6.45, 7) is 1.54. The second-order valence-corrected chi connectivity index (χ2v) is 6.32. The Morgan fingerprint density at radius 1 is 1.28 bits per heavy atom. The summed E-state index contributed by atoms with van der Waals surface area (Å²) in [7, 11) is 1.91. The summed E-state index contributed by atoms with van der Waals surface area (Å²) >= 11 is 0. The first kappa shape index (κ1) is 15.6. The Labute approximate surface area is 145 Å². The van der Waals surface area contributed by atoms with E-state index < -0.39 is 0 Å². The standard InChI is InChI=1S/C18H20N6O/c1-23-15-7-3-2-6-14(15)21-18(23)22-17(25)13-5-4-10-24(12-13)16-11-19-8-9-20-16/h2-3,6-9,11,13H,4-5,10,12H2,1H3,(H,21,22,25). The van der Waals surface area contributed by atoms with E-state index in [1.165, 1.54) is 0 Å². The number of benzene rings is 1. The summed E-state index contributed by atoms with van der Waals surface area (Å²) in [4.78, 5) is 27.8. The number of hydrogen-bond acceptors (Lipinski definition) is 5. The Hall–Kier alpha value is -2.96. The number of carbonyl (C=O) groups excluding carboxylic acids is 1. The predicted molar refractivity (Wildman–Crippen MR) is 96.3 cm³/mol. The van der Waals surface area contributed by atoms with Crippen molar-refractivity contribution in [3.8, 4) is 0 Å².